The largest absolute Gasteiger partial charge is 0.491 e. The highest BCUT2D eigenvalue weighted by Crippen LogP contribution is 2.18. The van der Waals surface area contributed by atoms with Gasteiger partial charge in [0.25, 0.3) is 0 Å². The van der Waals surface area contributed by atoms with Crippen LogP contribution >= 0.6 is 11.6 Å². The Kier molecular flexibility index (Phi) is 4.12. The van der Waals surface area contributed by atoms with Gasteiger partial charge in [0.15, 0.2) is 0 Å². The van der Waals surface area contributed by atoms with E-state index < -0.39 is 11.9 Å². The van der Waals surface area contributed by atoms with Crippen LogP contribution in [0.15, 0.2) is 42.7 Å². The van der Waals surface area contributed by atoms with Crippen molar-refractivity contribution in [3.63, 3.8) is 0 Å². The van der Waals surface area contributed by atoms with Crippen molar-refractivity contribution in [2.24, 2.45) is 0 Å². The molecule has 0 fully saturated rings. The number of aromatic nitrogens is 1. The molecule has 1 heterocycles. The molecule has 1 aromatic carbocycles. The molecule has 1 aromatic heterocycles. The minimum absolute atomic E-state index is 0.0206. The van der Waals surface area contributed by atoms with Crippen molar-refractivity contribution < 1.29 is 14.2 Å². The summed E-state index contributed by atoms with van der Waals surface area (Å²) in [7, 11) is 0. The van der Waals surface area contributed by atoms with Crippen molar-refractivity contribution in [3.05, 3.63) is 59.1 Å². The number of hydrogen-bond donors (Lipinski definition) is 1. The first-order chi connectivity index (χ1) is 8.65. The van der Waals surface area contributed by atoms with Crippen molar-refractivity contribution in [1.82, 2.24) is 4.98 Å². The molecule has 0 aliphatic rings. The molecule has 2 aromatic rings. The lowest BCUT2D eigenvalue weighted by Gasteiger charge is -2.12. The molecule has 2 rings (SSSR count). The molecular formula is C13H11ClFNO2. The predicted octanol–water partition coefficient (Wildman–Crippen LogP) is 2.99. The fraction of sp³-hybridized carbons (Fsp3) is 0.154. The molecule has 0 saturated carbocycles. The van der Waals surface area contributed by atoms with E-state index in [1.165, 1.54) is 12.3 Å². The standard InChI is InChI=1S/C13H11ClFNO2/c14-10-1-3-12(4-2-10)18-8-13(17)9-5-11(15)7-16-6-9/h1-7,13,17H,8H2. The summed E-state index contributed by atoms with van der Waals surface area (Å²) in [6, 6.07) is 7.99. The van der Waals surface area contributed by atoms with Gasteiger partial charge < -0.3 is 9.84 Å². The van der Waals surface area contributed by atoms with Gasteiger partial charge in [-0.2, -0.15) is 0 Å². The van der Waals surface area contributed by atoms with Gasteiger partial charge in [-0.05, 0) is 30.3 Å². The lowest BCUT2D eigenvalue weighted by Crippen LogP contribution is -2.10. The van der Waals surface area contributed by atoms with Crippen LogP contribution in [0.25, 0.3) is 0 Å². The van der Waals surface area contributed by atoms with Crippen molar-refractivity contribution in [3.8, 4) is 5.75 Å². The van der Waals surface area contributed by atoms with Gasteiger partial charge in [-0.3, -0.25) is 4.98 Å². The van der Waals surface area contributed by atoms with Crippen LogP contribution in [0.3, 0.4) is 0 Å². The molecule has 3 nitrogen and oxygen atoms in total. The van der Waals surface area contributed by atoms with E-state index in [-0.39, 0.29) is 6.61 Å². The van der Waals surface area contributed by atoms with E-state index in [0.717, 1.165) is 6.20 Å². The van der Waals surface area contributed by atoms with E-state index in [1.807, 2.05) is 0 Å². The van der Waals surface area contributed by atoms with Crippen LogP contribution < -0.4 is 4.74 Å². The Morgan fingerprint density at radius 3 is 2.67 bits per heavy atom. The summed E-state index contributed by atoms with van der Waals surface area (Å²) in [6.07, 6.45) is 1.55. The molecule has 0 aliphatic carbocycles. The Hall–Kier alpha value is -1.65. The summed E-state index contributed by atoms with van der Waals surface area (Å²) in [6.45, 7) is 0.0206. The Balaban J connectivity index is 1.96. The minimum atomic E-state index is -0.927. The van der Waals surface area contributed by atoms with E-state index >= 15 is 0 Å². The average molecular weight is 268 g/mol. The quantitative estimate of drug-likeness (QED) is 0.926. The normalized spacial score (nSPS) is 12.2. The highest BCUT2D eigenvalue weighted by Gasteiger charge is 2.09. The zero-order valence-electron chi connectivity index (χ0n) is 9.38. The zero-order valence-corrected chi connectivity index (χ0v) is 10.1. The van der Waals surface area contributed by atoms with Gasteiger partial charge in [-0.1, -0.05) is 11.6 Å². The van der Waals surface area contributed by atoms with Gasteiger partial charge in [0, 0.05) is 16.8 Å². The average Bonchev–Trinajstić information content (AvgIpc) is 2.38. The van der Waals surface area contributed by atoms with E-state index in [0.29, 0.717) is 16.3 Å². The van der Waals surface area contributed by atoms with Crippen LogP contribution in [-0.4, -0.2) is 16.7 Å². The van der Waals surface area contributed by atoms with Crippen LogP contribution in [0, 0.1) is 5.82 Å². The fourth-order valence-corrected chi connectivity index (χ4v) is 1.54. The van der Waals surface area contributed by atoms with Gasteiger partial charge in [0.2, 0.25) is 0 Å². The number of aliphatic hydroxyl groups is 1. The monoisotopic (exact) mass is 267 g/mol. The molecule has 1 atom stereocenters. The fourth-order valence-electron chi connectivity index (χ4n) is 1.41. The molecule has 0 amide bonds. The molecule has 0 saturated heterocycles. The number of halogens is 2. The Bertz CT molecular complexity index is 519. The van der Waals surface area contributed by atoms with Crippen LogP contribution in [0.1, 0.15) is 11.7 Å². The summed E-state index contributed by atoms with van der Waals surface area (Å²) in [5, 5.41) is 10.4. The maximum Gasteiger partial charge on any atom is 0.141 e. The first kappa shape index (κ1) is 12.8. The second-order valence-corrected chi connectivity index (χ2v) is 4.15. The number of nitrogens with zero attached hydrogens (tertiary/aromatic N) is 1. The Morgan fingerprint density at radius 1 is 1.28 bits per heavy atom. The van der Waals surface area contributed by atoms with Gasteiger partial charge in [-0.25, -0.2) is 4.39 Å². The highest BCUT2D eigenvalue weighted by molar-refractivity contribution is 6.30. The topological polar surface area (TPSA) is 42.4 Å². The summed E-state index contributed by atoms with van der Waals surface area (Å²) in [4.78, 5) is 3.66. The number of aliphatic hydroxyl groups excluding tert-OH is 1. The van der Waals surface area contributed by atoms with Crippen molar-refractivity contribution >= 4 is 11.6 Å². The molecule has 0 bridgehead atoms. The summed E-state index contributed by atoms with van der Waals surface area (Å²) in [5.74, 6) is 0.0980. The molecule has 5 heteroatoms. The molecule has 0 aliphatic heterocycles. The van der Waals surface area contributed by atoms with E-state index in [4.69, 9.17) is 16.3 Å². The first-order valence-electron chi connectivity index (χ1n) is 5.32. The van der Waals surface area contributed by atoms with Crippen molar-refractivity contribution in [2.45, 2.75) is 6.10 Å². The predicted molar refractivity (Wildman–Crippen MR) is 66.1 cm³/mol. The summed E-state index contributed by atoms with van der Waals surface area (Å²) in [5.41, 5.74) is 0.379. The maximum atomic E-state index is 12.9. The Labute approximate surface area is 109 Å². The van der Waals surface area contributed by atoms with Gasteiger partial charge in [-0.15, -0.1) is 0 Å². The third kappa shape index (κ3) is 3.42. The van der Waals surface area contributed by atoms with E-state index in [1.54, 1.807) is 24.3 Å². The number of rotatable bonds is 4. The van der Waals surface area contributed by atoms with Crippen LogP contribution in [0.2, 0.25) is 5.02 Å². The number of benzene rings is 1. The van der Waals surface area contributed by atoms with Gasteiger partial charge in [0.1, 0.15) is 24.3 Å². The molecule has 1 unspecified atom stereocenters. The third-order valence-corrected chi connectivity index (χ3v) is 2.58. The summed E-state index contributed by atoms with van der Waals surface area (Å²) >= 11 is 5.73. The van der Waals surface area contributed by atoms with E-state index in [2.05, 4.69) is 4.98 Å². The molecule has 94 valence electrons. The third-order valence-electron chi connectivity index (χ3n) is 2.33. The zero-order chi connectivity index (χ0) is 13.0. The molecule has 0 spiro atoms. The van der Waals surface area contributed by atoms with Crippen molar-refractivity contribution in [2.75, 3.05) is 6.61 Å². The summed E-state index contributed by atoms with van der Waals surface area (Å²) < 4.78 is 18.3. The van der Waals surface area contributed by atoms with E-state index in [9.17, 15) is 9.50 Å². The second kappa shape index (κ2) is 5.80. The molecular weight excluding hydrogens is 257 g/mol. The second-order valence-electron chi connectivity index (χ2n) is 3.72. The van der Waals surface area contributed by atoms with Crippen LogP contribution in [0.4, 0.5) is 4.39 Å². The number of hydrogen-bond acceptors (Lipinski definition) is 3. The van der Waals surface area contributed by atoms with Crippen molar-refractivity contribution in [1.29, 1.82) is 0 Å². The minimum Gasteiger partial charge on any atom is -0.491 e. The molecule has 1 N–H and O–H groups in total. The van der Waals surface area contributed by atoms with Gasteiger partial charge >= 0.3 is 0 Å². The number of ether oxygens (including phenoxy) is 1. The van der Waals surface area contributed by atoms with Crippen LogP contribution in [0.5, 0.6) is 5.75 Å². The smallest absolute Gasteiger partial charge is 0.141 e. The van der Waals surface area contributed by atoms with Crippen LogP contribution in [-0.2, 0) is 0 Å². The lowest BCUT2D eigenvalue weighted by molar-refractivity contribution is 0.107. The SMILES string of the molecule is OC(COc1ccc(Cl)cc1)c1cncc(F)c1. The molecule has 0 radical (unpaired) electrons. The number of pyridine rings is 1. The Morgan fingerprint density at radius 2 is 2.00 bits per heavy atom. The maximum absolute atomic E-state index is 12.9. The highest BCUT2D eigenvalue weighted by atomic mass is 35.5. The van der Waals surface area contributed by atoms with Gasteiger partial charge in [0.05, 0.1) is 6.20 Å². The lowest BCUT2D eigenvalue weighted by atomic mass is 10.2. The first-order valence-corrected chi connectivity index (χ1v) is 5.70. The molecule has 18 heavy (non-hydrogen) atoms.